The zero-order chi connectivity index (χ0) is 10.8. The third-order valence-electron chi connectivity index (χ3n) is 2.46. The van der Waals surface area contributed by atoms with Crippen LogP contribution in [0.2, 0.25) is 0 Å². The van der Waals surface area contributed by atoms with Crippen molar-refractivity contribution in [3.05, 3.63) is 0 Å². The van der Waals surface area contributed by atoms with Gasteiger partial charge in [0, 0.05) is 20.1 Å². The minimum absolute atomic E-state index is 0.0251. The SMILES string of the molecule is CN1CC(C)(C)CNC(CC#N)C1=O. The lowest BCUT2D eigenvalue weighted by atomic mass is 9.93. The van der Waals surface area contributed by atoms with E-state index in [9.17, 15) is 4.79 Å². The van der Waals surface area contributed by atoms with Gasteiger partial charge in [0.05, 0.1) is 18.5 Å². The first kappa shape index (κ1) is 11.0. The summed E-state index contributed by atoms with van der Waals surface area (Å²) in [5, 5.41) is 11.7. The summed E-state index contributed by atoms with van der Waals surface area (Å²) in [5.74, 6) is 0.0251. The van der Waals surface area contributed by atoms with Gasteiger partial charge in [-0.3, -0.25) is 4.79 Å². The summed E-state index contributed by atoms with van der Waals surface area (Å²) in [7, 11) is 1.79. The lowest BCUT2D eigenvalue weighted by molar-refractivity contribution is -0.131. The topological polar surface area (TPSA) is 56.1 Å². The van der Waals surface area contributed by atoms with Crippen molar-refractivity contribution in [3.63, 3.8) is 0 Å². The standard InChI is InChI=1S/C10H17N3O/c1-10(2)6-12-8(4-5-11)9(14)13(3)7-10/h8,12H,4,6-7H2,1-3H3. The predicted molar refractivity (Wildman–Crippen MR) is 53.4 cm³/mol. The molecule has 0 aromatic carbocycles. The molecule has 1 fully saturated rings. The molecule has 0 aliphatic carbocycles. The maximum Gasteiger partial charge on any atom is 0.240 e. The smallest absolute Gasteiger partial charge is 0.240 e. The highest BCUT2D eigenvalue weighted by molar-refractivity contribution is 5.82. The van der Waals surface area contributed by atoms with Gasteiger partial charge >= 0.3 is 0 Å². The quantitative estimate of drug-likeness (QED) is 0.657. The molecule has 4 nitrogen and oxygen atoms in total. The Morgan fingerprint density at radius 2 is 2.36 bits per heavy atom. The summed E-state index contributed by atoms with van der Waals surface area (Å²) in [6.45, 7) is 5.73. The van der Waals surface area contributed by atoms with Crippen LogP contribution < -0.4 is 5.32 Å². The molecule has 0 spiro atoms. The van der Waals surface area contributed by atoms with Gasteiger partial charge in [-0.05, 0) is 5.41 Å². The second-order valence-corrected chi connectivity index (χ2v) is 4.65. The Balaban J connectivity index is 2.75. The second-order valence-electron chi connectivity index (χ2n) is 4.65. The van der Waals surface area contributed by atoms with E-state index in [4.69, 9.17) is 5.26 Å². The molecular weight excluding hydrogens is 178 g/mol. The molecule has 1 amide bonds. The molecular formula is C10H17N3O. The van der Waals surface area contributed by atoms with Crippen LogP contribution in [0, 0.1) is 16.7 Å². The van der Waals surface area contributed by atoms with E-state index in [1.165, 1.54) is 0 Å². The van der Waals surface area contributed by atoms with Crippen LogP contribution in [0.15, 0.2) is 0 Å². The average Bonchev–Trinajstić information content (AvgIpc) is 2.17. The minimum atomic E-state index is -0.327. The second kappa shape index (κ2) is 3.97. The molecule has 0 aromatic rings. The predicted octanol–water partition coefficient (Wildman–Crippen LogP) is 0.356. The summed E-state index contributed by atoms with van der Waals surface area (Å²) in [6, 6.07) is 1.71. The van der Waals surface area contributed by atoms with Crippen molar-refractivity contribution in [1.29, 1.82) is 5.26 Å². The number of hydrogen-bond acceptors (Lipinski definition) is 3. The van der Waals surface area contributed by atoms with Gasteiger partial charge in [0.1, 0.15) is 0 Å². The Bertz CT molecular complexity index is 267. The van der Waals surface area contributed by atoms with Gasteiger partial charge in [0.25, 0.3) is 0 Å². The highest BCUT2D eigenvalue weighted by atomic mass is 16.2. The van der Waals surface area contributed by atoms with Crippen LogP contribution in [0.25, 0.3) is 0 Å². The van der Waals surface area contributed by atoms with Crippen molar-refractivity contribution in [1.82, 2.24) is 10.2 Å². The van der Waals surface area contributed by atoms with Gasteiger partial charge in [-0.2, -0.15) is 5.26 Å². The fraction of sp³-hybridized carbons (Fsp3) is 0.800. The van der Waals surface area contributed by atoms with Crippen LogP contribution in [0.4, 0.5) is 0 Å². The molecule has 0 bridgehead atoms. The van der Waals surface area contributed by atoms with E-state index in [-0.39, 0.29) is 23.8 Å². The largest absolute Gasteiger partial charge is 0.344 e. The Labute approximate surface area is 84.9 Å². The van der Waals surface area contributed by atoms with E-state index in [0.29, 0.717) is 0 Å². The molecule has 0 radical (unpaired) electrons. The van der Waals surface area contributed by atoms with Gasteiger partial charge in [-0.15, -0.1) is 0 Å². The van der Waals surface area contributed by atoms with Crippen LogP contribution in [0.5, 0.6) is 0 Å². The first-order valence-corrected chi connectivity index (χ1v) is 4.81. The molecule has 1 rings (SSSR count). The van der Waals surface area contributed by atoms with E-state index in [1.54, 1.807) is 11.9 Å². The summed E-state index contributed by atoms with van der Waals surface area (Å²) in [5.41, 5.74) is 0.0780. The van der Waals surface area contributed by atoms with Crippen molar-refractivity contribution < 1.29 is 4.79 Å². The number of likely N-dealkylation sites (N-methyl/N-ethyl adjacent to an activating group) is 1. The van der Waals surface area contributed by atoms with Crippen molar-refractivity contribution in [3.8, 4) is 6.07 Å². The molecule has 1 unspecified atom stereocenters. The minimum Gasteiger partial charge on any atom is -0.344 e. The maximum absolute atomic E-state index is 11.7. The Morgan fingerprint density at radius 3 is 2.93 bits per heavy atom. The van der Waals surface area contributed by atoms with Crippen molar-refractivity contribution in [2.45, 2.75) is 26.3 Å². The number of nitrogens with one attached hydrogen (secondary N) is 1. The van der Waals surface area contributed by atoms with Gasteiger partial charge in [0.2, 0.25) is 5.91 Å². The number of hydrogen-bond donors (Lipinski definition) is 1. The fourth-order valence-electron chi connectivity index (χ4n) is 1.78. The molecule has 1 atom stereocenters. The number of nitriles is 1. The van der Waals surface area contributed by atoms with E-state index >= 15 is 0 Å². The number of amides is 1. The third kappa shape index (κ3) is 2.46. The number of rotatable bonds is 1. The Hall–Kier alpha value is -1.08. The maximum atomic E-state index is 11.7. The molecule has 0 saturated carbocycles. The van der Waals surface area contributed by atoms with Crippen LogP contribution in [-0.4, -0.2) is 37.0 Å². The van der Waals surface area contributed by atoms with Crippen molar-refractivity contribution >= 4 is 5.91 Å². The summed E-state index contributed by atoms with van der Waals surface area (Å²) in [4.78, 5) is 13.4. The van der Waals surface area contributed by atoms with Gasteiger partial charge in [-0.1, -0.05) is 13.8 Å². The third-order valence-corrected chi connectivity index (χ3v) is 2.46. The zero-order valence-electron chi connectivity index (χ0n) is 9.00. The van der Waals surface area contributed by atoms with Gasteiger partial charge in [0.15, 0.2) is 0 Å². The van der Waals surface area contributed by atoms with Crippen LogP contribution >= 0.6 is 0 Å². The molecule has 1 aliphatic rings. The highest BCUT2D eigenvalue weighted by Gasteiger charge is 2.32. The van der Waals surface area contributed by atoms with Gasteiger partial charge < -0.3 is 10.2 Å². The Kier molecular flexibility index (Phi) is 3.12. The molecule has 14 heavy (non-hydrogen) atoms. The molecule has 1 aliphatic heterocycles. The number of nitrogens with zero attached hydrogens (tertiary/aromatic N) is 2. The Morgan fingerprint density at radius 1 is 1.71 bits per heavy atom. The molecule has 1 heterocycles. The lowest BCUT2D eigenvalue weighted by Gasteiger charge is -2.25. The van der Waals surface area contributed by atoms with E-state index in [0.717, 1.165) is 13.1 Å². The van der Waals surface area contributed by atoms with Crippen LogP contribution in [-0.2, 0) is 4.79 Å². The van der Waals surface area contributed by atoms with Crippen LogP contribution in [0.1, 0.15) is 20.3 Å². The molecule has 1 N–H and O–H groups in total. The first-order chi connectivity index (χ1) is 6.46. The van der Waals surface area contributed by atoms with E-state index in [2.05, 4.69) is 19.2 Å². The zero-order valence-corrected chi connectivity index (χ0v) is 9.00. The molecule has 0 aromatic heterocycles. The van der Waals surface area contributed by atoms with E-state index in [1.807, 2.05) is 6.07 Å². The fourth-order valence-corrected chi connectivity index (χ4v) is 1.78. The highest BCUT2D eigenvalue weighted by Crippen LogP contribution is 2.19. The number of carbonyl (C=O) groups is 1. The first-order valence-electron chi connectivity index (χ1n) is 4.81. The van der Waals surface area contributed by atoms with Gasteiger partial charge in [-0.25, -0.2) is 0 Å². The molecule has 1 saturated heterocycles. The number of carbonyl (C=O) groups excluding carboxylic acids is 1. The molecule has 78 valence electrons. The van der Waals surface area contributed by atoms with Crippen LogP contribution in [0.3, 0.4) is 0 Å². The van der Waals surface area contributed by atoms with Crippen molar-refractivity contribution in [2.24, 2.45) is 5.41 Å². The normalized spacial score (nSPS) is 26.9. The molecule has 4 heteroatoms. The van der Waals surface area contributed by atoms with Crippen molar-refractivity contribution in [2.75, 3.05) is 20.1 Å². The lowest BCUT2D eigenvalue weighted by Crippen LogP contribution is -2.41. The van der Waals surface area contributed by atoms with E-state index < -0.39 is 0 Å². The monoisotopic (exact) mass is 195 g/mol. The summed E-state index contributed by atoms with van der Waals surface area (Å²) >= 11 is 0. The summed E-state index contributed by atoms with van der Waals surface area (Å²) < 4.78 is 0. The average molecular weight is 195 g/mol. The summed E-state index contributed by atoms with van der Waals surface area (Å²) in [6.07, 6.45) is 0.249.